The van der Waals surface area contributed by atoms with Gasteiger partial charge in [-0.1, -0.05) is 15.9 Å². The number of hydrogen-bond acceptors (Lipinski definition) is 6. The smallest absolute Gasteiger partial charge is 0.324 e. The van der Waals surface area contributed by atoms with E-state index in [1.54, 1.807) is 18.5 Å². The summed E-state index contributed by atoms with van der Waals surface area (Å²) >= 11 is 3.60. The molecule has 2 saturated heterocycles. The number of rotatable bonds is 5. The standard InChI is InChI=1S/C20H27BrN6O3/c21-14-4-5-16-15(13-14)18(29)27(20(30)24-16)8-1-3-17(28)25-9-11-26(12-10-25)19-22-6-2-7-23-19/h2,6-7,14-16H,1,3-5,8-13H2,(H,24,30). The molecule has 1 aliphatic carbocycles. The summed E-state index contributed by atoms with van der Waals surface area (Å²) in [4.78, 5) is 51.8. The van der Waals surface area contributed by atoms with Crippen molar-refractivity contribution in [3.05, 3.63) is 18.5 Å². The zero-order valence-corrected chi connectivity index (χ0v) is 18.5. The third-order valence-electron chi connectivity index (χ3n) is 6.16. The van der Waals surface area contributed by atoms with Gasteiger partial charge in [0, 0.05) is 62.4 Å². The molecule has 4 amide bonds. The van der Waals surface area contributed by atoms with Crippen LogP contribution in [0.15, 0.2) is 18.5 Å². The van der Waals surface area contributed by atoms with E-state index in [0.717, 1.165) is 19.3 Å². The quantitative estimate of drug-likeness (QED) is 0.641. The van der Waals surface area contributed by atoms with Gasteiger partial charge in [-0.15, -0.1) is 0 Å². The van der Waals surface area contributed by atoms with Crippen LogP contribution in [0.5, 0.6) is 0 Å². The van der Waals surface area contributed by atoms with Crippen LogP contribution in [0, 0.1) is 5.92 Å². The molecule has 30 heavy (non-hydrogen) atoms. The number of alkyl halides is 1. The molecule has 162 valence electrons. The third kappa shape index (κ3) is 4.58. The third-order valence-corrected chi connectivity index (χ3v) is 6.99. The fourth-order valence-corrected chi connectivity index (χ4v) is 5.14. The van der Waals surface area contributed by atoms with Gasteiger partial charge in [0.25, 0.3) is 0 Å². The lowest BCUT2D eigenvalue weighted by molar-refractivity contribution is -0.137. The highest BCUT2D eigenvalue weighted by molar-refractivity contribution is 9.09. The van der Waals surface area contributed by atoms with Gasteiger partial charge in [-0.2, -0.15) is 0 Å². The Balaban J connectivity index is 1.23. The van der Waals surface area contributed by atoms with Crippen LogP contribution in [0.3, 0.4) is 0 Å². The fourth-order valence-electron chi connectivity index (χ4n) is 4.47. The number of anilines is 1. The number of carbonyl (C=O) groups is 3. The van der Waals surface area contributed by atoms with E-state index in [1.165, 1.54) is 4.90 Å². The molecule has 3 aliphatic rings. The lowest BCUT2D eigenvalue weighted by atomic mass is 9.82. The second-order valence-corrected chi connectivity index (χ2v) is 9.38. The summed E-state index contributed by atoms with van der Waals surface area (Å²) in [5.74, 6) is 0.483. The van der Waals surface area contributed by atoms with Crippen LogP contribution in [0.25, 0.3) is 0 Å². The van der Waals surface area contributed by atoms with Crippen molar-refractivity contribution in [3.63, 3.8) is 0 Å². The average Bonchev–Trinajstić information content (AvgIpc) is 2.77. The molecule has 0 spiro atoms. The van der Waals surface area contributed by atoms with Crippen molar-refractivity contribution in [2.75, 3.05) is 37.6 Å². The first-order chi connectivity index (χ1) is 14.5. The van der Waals surface area contributed by atoms with Crippen molar-refractivity contribution in [3.8, 4) is 0 Å². The van der Waals surface area contributed by atoms with Gasteiger partial charge in [0.05, 0.1) is 5.92 Å². The van der Waals surface area contributed by atoms with Crippen LogP contribution < -0.4 is 10.2 Å². The number of imide groups is 1. The molecule has 9 nitrogen and oxygen atoms in total. The number of carbonyl (C=O) groups excluding carboxylic acids is 3. The Bertz CT molecular complexity index is 786. The van der Waals surface area contributed by atoms with Gasteiger partial charge in [0.1, 0.15) is 0 Å². The number of nitrogens with one attached hydrogen (secondary N) is 1. The maximum Gasteiger partial charge on any atom is 0.324 e. The topological polar surface area (TPSA) is 98.7 Å². The maximum atomic E-state index is 12.8. The predicted molar refractivity (Wildman–Crippen MR) is 114 cm³/mol. The zero-order valence-electron chi connectivity index (χ0n) is 16.9. The number of amides is 4. The van der Waals surface area contributed by atoms with Crippen molar-refractivity contribution < 1.29 is 14.4 Å². The molecule has 1 N–H and O–H groups in total. The summed E-state index contributed by atoms with van der Waals surface area (Å²) < 4.78 is 0. The second kappa shape index (κ2) is 9.28. The van der Waals surface area contributed by atoms with Crippen LogP contribution in [-0.4, -0.2) is 81.2 Å². The molecule has 3 fully saturated rings. The highest BCUT2D eigenvalue weighted by Crippen LogP contribution is 2.33. The van der Waals surface area contributed by atoms with Crippen LogP contribution in [0.2, 0.25) is 0 Å². The normalized spacial score (nSPS) is 27.0. The highest BCUT2D eigenvalue weighted by Gasteiger charge is 2.43. The summed E-state index contributed by atoms with van der Waals surface area (Å²) in [7, 11) is 0. The number of fused-ring (bicyclic) bond motifs is 1. The minimum absolute atomic E-state index is 0.0541. The fraction of sp³-hybridized carbons (Fsp3) is 0.650. The Kier molecular flexibility index (Phi) is 6.50. The zero-order chi connectivity index (χ0) is 21.1. The van der Waals surface area contributed by atoms with Gasteiger partial charge in [0.15, 0.2) is 0 Å². The van der Waals surface area contributed by atoms with Gasteiger partial charge in [0.2, 0.25) is 17.8 Å². The molecule has 3 heterocycles. The minimum Gasteiger partial charge on any atom is -0.339 e. The Morgan fingerprint density at radius 2 is 1.87 bits per heavy atom. The largest absolute Gasteiger partial charge is 0.339 e. The van der Waals surface area contributed by atoms with Gasteiger partial charge >= 0.3 is 6.03 Å². The number of piperazine rings is 1. The molecular formula is C20H27BrN6O3. The van der Waals surface area contributed by atoms with Crippen molar-refractivity contribution in [1.29, 1.82) is 0 Å². The molecular weight excluding hydrogens is 452 g/mol. The summed E-state index contributed by atoms with van der Waals surface area (Å²) in [6.07, 6.45) is 6.77. The van der Waals surface area contributed by atoms with E-state index >= 15 is 0 Å². The monoisotopic (exact) mass is 478 g/mol. The van der Waals surface area contributed by atoms with E-state index in [2.05, 4.69) is 36.1 Å². The van der Waals surface area contributed by atoms with Gasteiger partial charge < -0.3 is 15.1 Å². The summed E-state index contributed by atoms with van der Waals surface area (Å²) in [6, 6.07) is 1.41. The first kappa shape index (κ1) is 21.0. The van der Waals surface area contributed by atoms with Gasteiger partial charge in [-0.3, -0.25) is 14.5 Å². The van der Waals surface area contributed by atoms with Gasteiger partial charge in [-0.25, -0.2) is 14.8 Å². The number of hydrogen-bond donors (Lipinski definition) is 1. The Morgan fingerprint density at radius 1 is 1.13 bits per heavy atom. The van der Waals surface area contributed by atoms with Crippen molar-refractivity contribution in [2.24, 2.45) is 5.92 Å². The number of halogens is 1. The molecule has 1 saturated carbocycles. The molecule has 1 aromatic rings. The first-order valence-corrected chi connectivity index (χ1v) is 11.5. The van der Waals surface area contributed by atoms with Crippen LogP contribution in [0.4, 0.5) is 10.7 Å². The SMILES string of the molecule is O=C(CCCN1C(=O)NC2CCC(Br)CC2C1=O)N1CCN(c2ncccn2)CC1. The van der Waals surface area contributed by atoms with E-state index in [9.17, 15) is 14.4 Å². The molecule has 0 radical (unpaired) electrons. The summed E-state index contributed by atoms with van der Waals surface area (Å²) in [5.41, 5.74) is 0. The van der Waals surface area contributed by atoms with Gasteiger partial charge in [-0.05, 0) is 31.7 Å². The van der Waals surface area contributed by atoms with Crippen molar-refractivity contribution in [1.82, 2.24) is 25.1 Å². The van der Waals surface area contributed by atoms with E-state index in [1.807, 2.05) is 4.90 Å². The van der Waals surface area contributed by atoms with E-state index < -0.39 is 0 Å². The Labute approximate surface area is 184 Å². The number of aromatic nitrogens is 2. The lowest BCUT2D eigenvalue weighted by Gasteiger charge is -2.41. The lowest BCUT2D eigenvalue weighted by Crippen LogP contribution is -2.61. The molecule has 3 atom stereocenters. The number of urea groups is 1. The Morgan fingerprint density at radius 3 is 2.60 bits per heavy atom. The molecule has 0 aromatic carbocycles. The Hall–Kier alpha value is -2.23. The molecule has 4 rings (SSSR count). The highest BCUT2D eigenvalue weighted by atomic mass is 79.9. The van der Waals surface area contributed by atoms with E-state index in [-0.39, 0.29) is 36.3 Å². The molecule has 0 bridgehead atoms. The molecule has 1 aromatic heterocycles. The molecule has 3 unspecified atom stereocenters. The molecule has 10 heteroatoms. The van der Waals surface area contributed by atoms with Crippen molar-refractivity contribution in [2.45, 2.75) is 43.0 Å². The predicted octanol–water partition coefficient (Wildman–Crippen LogP) is 1.39. The average molecular weight is 479 g/mol. The first-order valence-electron chi connectivity index (χ1n) is 10.6. The van der Waals surface area contributed by atoms with E-state index in [0.29, 0.717) is 49.8 Å². The van der Waals surface area contributed by atoms with Crippen LogP contribution in [-0.2, 0) is 9.59 Å². The minimum atomic E-state index is -0.321. The van der Waals surface area contributed by atoms with Crippen LogP contribution in [0.1, 0.15) is 32.1 Å². The summed E-state index contributed by atoms with van der Waals surface area (Å²) in [6.45, 7) is 2.91. The van der Waals surface area contributed by atoms with Crippen LogP contribution >= 0.6 is 15.9 Å². The second-order valence-electron chi connectivity index (χ2n) is 8.08. The molecule has 2 aliphatic heterocycles. The number of nitrogens with zero attached hydrogens (tertiary/aromatic N) is 5. The van der Waals surface area contributed by atoms with Crippen molar-refractivity contribution >= 4 is 39.7 Å². The van der Waals surface area contributed by atoms with E-state index in [4.69, 9.17) is 0 Å². The summed E-state index contributed by atoms with van der Waals surface area (Å²) in [5, 5.41) is 2.97. The maximum absolute atomic E-state index is 12.8.